The third-order valence-electron chi connectivity index (χ3n) is 11.6. The van der Waals surface area contributed by atoms with Crippen LogP contribution in [0.25, 0.3) is 0 Å². The number of benzene rings is 9. The lowest BCUT2D eigenvalue weighted by Crippen LogP contribution is -2.34. The molecular weight excluding hydrogens is 847 g/mol. The molecule has 9 aromatic carbocycles. The lowest BCUT2D eigenvalue weighted by atomic mass is 10.1. The fourth-order valence-electron chi connectivity index (χ4n) is 8.40. The van der Waals surface area contributed by atoms with E-state index in [4.69, 9.17) is 14.2 Å². The van der Waals surface area contributed by atoms with Crippen molar-refractivity contribution in [1.82, 2.24) is 4.90 Å². The van der Waals surface area contributed by atoms with Crippen molar-refractivity contribution < 1.29 is 9.53 Å². The monoisotopic (exact) mass is 896 g/mol. The van der Waals surface area contributed by atoms with Crippen LogP contribution in [0.4, 0.5) is 21.9 Å². The van der Waals surface area contributed by atoms with Gasteiger partial charge in [0.25, 0.3) is 0 Å². The molecule has 0 radical (unpaired) electrons. The maximum absolute atomic E-state index is 14.9. The maximum atomic E-state index is 14.9. The van der Waals surface area contributed by atoms with Crippen LogP contribution in [0.1, 0.15) is 11.1 Å². The number of methoxy groups -OCH3 is 1. The zero-order valence-electron chi connectivity index (χ0n) is 36.7. The van der Waals surface area contributed by atoms with E-state index < -0.39 is 14.1 Å². The molecule has 0 saturated heterocycles. The van der Waals surface area contributed by atoms with Crippen LogP contribution in [-0.2, 0) is 13.1 Å². The van der Waals surface area contributed by atoms with Crippen LogP contribution in [0.2, 0.25) is 0 Å². The first-order valence-corrected chi connectivity index (χ1v) is 25.5. The van der Waals surface area contributed by atoms with E-state index >= 15 is 0 Å². The lowest BCUT2D eigenvalue weighted by Gasteiger charge is -2.29. The summed E-state index contributed by atoms with van der Waals surface area (Å²) in [4.78, 5) is 16.8. The standard InChI is InChI=1S/C58H50N4O2P2/c1-64-49-42-40-48(41-43-49)59-58(63)62(44-46-24-20-22-38-56(46)60-65(50-26-8-2-9-27-50,51-28-10-3-11-29-51)52-30-12-4-13-31-52)45-47-25-21-23-39-57(47)61-66(53-32-14-5-15-33-53,54-34-16-6-17-35-54)55-36-18-7-19-37-55/h2-43H,44-45H2,1H3,(H,59,63). The number of hydrogen-bond donors (Lipinski definition) is 1. The van der Waals surface area contributed by atoms with Gasteiger partial charge in [0.05, 0.1) is 32.6 Å². The third-order valence-corrected chi connectivity index (χ3v) is 18.9. The highest BCUT2D eigenvalue weighted by atomic mass is 31.2. The van der Waals surface area contributed by atoms with Crippen molar-refractivity contribution in [3.63, 3.8) is 0 Å². The van der Waals surface area contributed by atoms with Crippen molar-refractivity contribution in [2.45, 2.75) is 13.1 Å². The van der Waals surface area contributed by atoms with E-state index in [9.17, 15) is 4.79 Å². The molecule has 66 heavy (non-hydrogen) atoms. The van der Waals surface area contributed by atoms with Gasteiger partial charge in [0.2, 0.25) is 0 Å². The molecule has 0 fully saturated rings. The Hall–Kier alpha value is -7.49. The average molecular weight is 897 g/mol. The highest BCUT2D eigenvalue weighted by Crippen LogP contribution is 2.51. The summed E-state index contributed by atoms with van der Waals surface area (Å²) in [6, 6.07) is 87.4. The molecule has 6 nitrogen and oxygen atoms in total. The van der Waals surface area contributed by atoms with Crippen LogP contribution in [0.3, 0.4) is 0 Å². The normalized spacial score (nSPS) is 11.3. The van der Waals surface area contributed by atoms with Crippen molar-refractivity contribution >= 4 is 69.0 Å². The van der Waals surface area contributed by atoms with Gasteiger partial charge in [-0.2, -0.15) is 0 Å². The smallest absolute Gasteiger partial charge is 0.322 e. The number of anilines is 1. The van der Waals surface area contributed by atoms with E-state index in [0.29, 0.717) is 11.4 Å². The Kier molecular flexibility index (Phi) is 13.6. The molecule has 9 rings (SSSR count). The van der Waals surface area contributed by atoms with E-state index in [-0.39, 0.29) is 19.1 Å². The Morgan fingerprint density at radius 2 is 0.697 bits per heavy atom. The van der Waals surface area contributed by atoms with Gasteiger partial charge in [-0.1, -0.05) is 218 Å². The molecule has 0 unspecified atom stereocenters. The quantitative estimate of drug-likeness (QED) is 0.111. The Morgan fingerprint density at radius 1 is 0.409 bits per heavy atom. The van der Waals surface area contributed by atoms with Gasteiger partial charge in [-0.25, -0.2) is 4.79 Å². The summed E-state index contributed by atoms with van der Waals surface area (Å²) in [7, 11) is -3.64. The number of rotatable bonds is 14. The topological polar surface area (TPSA) is 66.3 Å². The predicted octanol–water partition coefficient (Wildman–Crippen LogP) is 12.5. The number of carbonyl (C=O) groups is 1. The van der Waals surface area contributed by atoms with E-state index in [0.717, 1.165) is 54.3 Å². The van der Waals surface area contributed by atoms with Gasteiger partial charge in [-0.05, 0) is 47.5 Å². The SMILES string of the molecule is COc1ccc(NC(=O)N(Cc2ccccc2N=P(c2ccccc2)(c2ccccc2)c2ccccc2)Cc2ccccc2N=P(c2ccccc2)(c2ccccc2)c2ccccc2)cc1. The molecule has 0 saturated carbocycles. The van der Waals surface area contributed by atoms with Crippen LogP contribution >= 0.6 is 14.1 Å². The largest absolute Gasteiger partial charge is 0.497 e. The van der Waals surface area contributed by atoms with Gasteiger partial charge in [-0.15, -0.1) is 0 Å². The summed E-state index contributed by atoms with van der Waals surface area (Å²) in [5.41, 5.74) is 4.15. The summed E-state index contributed by atoms with van der Waals surface area (Å²) in [5.74, 6) is 0.708. The van der Waals surface area contributed by atoms with Gasteiger partial charge in [0.1, 0.15) is 5.75 Å². The highest BCUT2D eigenvalue weighted by Gasteiger charge is 2.30. The third kappa shape index (κ3) is 9.34. The predicted molar refractivity (Wildman–Crippen MR) is 279 cm³/mol. The molecule has 0 spiro atoms. The molecule has 0 aliphatic heterocycles. The number of nitrogens with zero attached hydrogens (tertiary/aromatic N) is 3. The fourth-order valence-corrected chi connectivity index (χ4v) is 15.5. The summed E-state index contributed by atoms with van der Waals surface area (Å²) in [6.07, 6.45) is 0. The molecule has 0 aromatic heterocycles. The first-order chi connectivity index (χ1) is 32.6. The summed E-state index contributed by atoms with van der Waals surface area (Å²) >= 11 is 0. The lowest BCUT2D eigenvalue weighted by molar-refractivity contribution is 0.206. The Balaban J connectivity index is 1.21. The van der Waals surface area contributed by atoms with E-state index in [2.05, 4.69) is 212 Å². The first kappa shape index (κ1) is 43.7. The number of nitrogens with one attached hydrogen (secondary N) is 1. The number of ether oxygens (including phenoxy) is 1. The van der Waals surface area contributed by atoms with Crippen molar-refractivity contribution in [3.8, 4) is 5.75 Å². The molecule has 8 heteroatoms. The van der Waals surface area contributed by atoms with Crippen LogP contribution in [0.15, 0.2) is 264 Å². The second-order valence-corrected chi connectivity index (χ2v) is 21.8. The number of hydrogen-bond acceptors (Lipinski definition) is 4. The Bertz CT molecular complexity index is 2730. The zero-order valence-corrected chi connectivity index (χ0v) is 38.5. The summed E-state index contributed by atoms with van der Waals surface area (Å²) in [5, 5.41) is 10.1. The molecule has 324 valence electrons. The van der Waals surface area contributed by atoms with Gasteiger partial charge in [-0.3, -0.25) is 9.49 Å². The van der Waals surface area contributed by atoms with Crippen LogP contribution in [-0.4, -0.2) is 18.0 Å². The molecule has 0 aliphatic rings. The van der Waals surface area contributed by atoms with E-state index in [1.807, 2.05) is 53.4 Å². The molecule has 0 aliphatic carbocycles. The van der Waals surface area contributed by atoms with Gasteiger partial charge in [0, 0.05) is 50.6 Å². The van der Waals surface area contributed by atoms with Crippen molar-refractivity contribution in [2.75, 3.05) is 12.4 Å². The molecule has 0 heterocycles. The first-order valence-electron chi connectivity index (χ1n) is 22.0. The molecule has 2 amide bonds. The van der Waals surface area contributed by atoms with Gasteiger partial charge < -0.3 is 15.0 Å². The van der Waals surface area contributed by atoms with Crippen molar-refractivity contribution in [2.24, 2.45) is 9.49 Å². The molecule has 0 bridgehead atoms. The van der Waals surface area contributed by atoms with Gasteiger partial charge >= 0.3 is 6.03 Å². The van der Waals surface area contributed by atoms with Crippen LogP contribution in [0.5, 0.6) is 5.75 Å². The minimum absolute atomic E-state index is 0.254. The maximum Gasteiger partial charge on any atom is 0.322 e. The minimum atomic E-state index is -2.63. The molecule has 1 N–H and O–H groups in total. The Morgan fingerprint density at radius 3 is 1.00 bits per heavy atom. The molecule has 9 aromatic rings. The van der Waals surface area contributed by atoms with Crippen molar-refractivity contribution in [1.29, 1.82) is 0 Å². The number of urea groups is 1. The average Bonchev–Trinajstić information content (AvgIpc) is 3.39. The fraction of sp³-hybridized carbons (Fsp3) is 0.0517. The second kappa shape index (κ2) is 20.6. The molecule has 0 atom stereocenters. The second-order valence-electron chi connectivity index (χ2n) is 15.8. The van der Waals surface area contributed by atoms with Crippen molar-refractivity contribution in [3.05, 3.63) is 266 Å². The van der Waals surface area contributed by atoms with Crippen LogP contribution < -0.4 is 41.9 Å². The highest BCUT2D eigenvalue weighted by molar-refractivity contribution is 7.88. The number of carbonyl (C=O) groups excluding carboxylic acids is 1. The van der Waals surface area contributed by atoms with Gasteiger partial charge in [0.15, 0.2) is 0 Å². The van der Waals surface area contributed by atoms with E-state index in [1.165, 1.54) is 0 Å². The minimum Gasteiger partial charge on any atom is -0.497 e. The number of amides is 2. The Labute approximate surface area is 388 Å². The molecular formula is C58H50N4O2P2. The van der Waals surface area contributed by atoms with E-state index in [1.54, 1.807) is 7.11 Å². The zero-order chi connectivity index (χ0) is 45.0. The van der Waals surface area contributed by atoms with Crippen LogP contribution in [0, 0.1) is 0 Å². The summed E-state index contributed by atoms with van der Waals surface area (Å²) in [6.45, 7) is 0.537. The summed E-state index contributed by atoms with van der Waals surface area (Å²) < 4.78 is 17.3.